The molecule has 0 aromatic heterocycles. The average Bonchev–Trinajstić information content (AvgIpc) is 2.80. The Bertz CT molecular complexity index is 998. The molecule has 3 aliphatic rings. The first-order valence-electron chi connectivity index (χ1n) is 12.2. The van der Waals surface area contributed by atoms with Gasteiger partial charge >= 0.3 is 0 Å². The lowest BCUT2D eigenvalue weighted by atomic mass is 9.71. The molecule has 0 fully saturated rings. The van der Waals surface area contributed by atoms with Gasteiger partial charge in [-0.15, -0.1) is 0 Å². The Morgan fingerprint density at radius 2 is 1.62 bits per heavy atom. The number of hydrogen-bond acceptors (Lipinski definition) is 6. The first-order valence-corrected chi connectivity index (χ1v) is 13.3. The van der Waals surface area contributed by atoms with Crippen molar-refractivity contribution < 1.29 is 23.8 Å². The van der Waals surface area contributed by atoms with Crippen LogP contribution in [0, 0.1) is 3.57 Å². The van der Waals surface area contributed by atoms with E-state index < -0.39 is 0 Å². The molecule has 4 rings (SSSR count). The van der Waals surface area contributed by atoms with Crippen molar-refractivity contribution >= 4 is 34.2 Å². The number of rotatable bonds is 8. The molecule has 0 atom stereocenters. The molecule has 0 amide bonds. The van der Waals surface area contributed by atoms with Crippen LogP contribution in [0.15, 0.2) is 34.7 Å². The molecular weight excluding hydrogens is 545 g/mol. The minimum atomic E-state index is -0.347. The highest BCUT2D eigenvalue weighted by Gasteiger charge is 2.43. The van der Waals surface area contributed by atoms with Crippen LogP contribution in [0.1, 0.15) is 70.3 Å². The molecule has 34 heavy (non-hydrogen) atoms. The molecule has 0 unspecified atom stereocenters. The minimum Gasteiger partial charge on any atom is -0.493 e. The van der Waals surface area contributed by atoms with Gasteiger partial charge in [0.2, 0.25) is 0 Å². The Morgan fingerprint density at radius 3 is 2.15 bits per heavy atom. The number of benzene rings is 1. The second-order valence-corrected chi connectivity index (χ2v) is 10.6. The zero-order chi connectivity index (χ0) is 24.4. The standard InChI is InChI=1S/C27H34INO5/c1-16(2)34-27-18(28)14-17(15-23(27)33-4)24-25-19(8-5-10-21(25)30)29(12-7-13-32-3)20-9-6-11-22(31)26(20)24/h14-16,24H,5-13H2,1-4H3. The van der Waals surface area contributed by atoms with Gasteiger partial charge in [0.1, 0.15) is 0 Å². The van der Waals surface area contributed by atoms with Crippen LogP contribution in [0.25, 0.3) is 0 Å². The Morgan fingerprint density at radius 1 is 1.00 bits per heavy atom. The van der Waals surface area contributed by atoms with Gasteiger partial charge in [0, 0.05) is 61.6 Å². The summed E-state index contributed by atoms with van der Waals surface area (Å²) in [5.41, 5.74) is 4.73. The zero-order valence-corrected chi connectivity index (χ0v) is 22.7. The van der Waals surface area contributed by atoms with Gasteiger partial charge in [-0.05, 0) is 86.2 Å². The number of carbonyl (C=O) groups is 2. The van der Waals surface area contributed by atoms with Crippen molar-refractivity contribution in [2.75, 3.05) is 27.4 Å². The maximum absolute atomic E-state index is 13.4. The minimum absolute atomic E-state index is 0.00655. The lowest BCUT2D eigenvalue weighted by Crippen LogP contribution is -2.39. The van der Waals surface area contributed by atoms with E-state index in [4.69, 9.17) is 14.2 Å². The lowest BCUT2D eigenvalue weighted by molar-refractivity contribution is -0.117. The second-order valence-electron chi connectivity index (χ2n) is 9.41. The summed E-state index contributed by atoms with van der Waals surface area (Å²) >= 11 is 2.27. The van der Waals surface area contributed by atoms with E-state index in [0.717, 1.165) is 70.3 Å². The SMILES string of the molecule is COCCCN1C2=C(C(=O)CCC2)C(c2cc(I)c(OC(C)C)c(OC)c2)C2=C1CCCC2=O. The molecule has 0 bridgehead atoms. The zero-order valence-electron chi connectivity index (χ0n) is 20.5. The first-order chi connectivity index (χ1) is 16.4. The summed E-state index contributed by atoms with van der Waals surface area (Å²) in [7, 11) is 3.34. The Balaban J connectivity index is 1.89. The summed E-state index contributed by atoms with van der Waals surface area (Å²) in [4.78, 5) is 29.1. The van der Waals surface area contributed by atoms with Gasteiger partial charge in [0.15, 0.2) is 23.1 Å². The fourth-order valence-electron chi connectivity index (χ4n) is 5.44. The highest BCUT2D eigenvalue weighted by Crippen LogP contribution is 2.50. The van der Waals surface area contributed by atoms with E-state index in [0.29, 0.717) is 30.9 Å². The van der Waals surface area contributed by atoms with Crippen LogP contribution in [-0.4, -0.2) is 49.9 Å². The van der Waals surface area contributed by atoms with E-state index in [9.17, 15) is 9.59 Å². The van der Waals surface area contributed by atoms with E-state index >= 15 is 0 Å². The van der Waals surface area contributed by atoms with Gasteiger partial charge in [0.05, 0.1) is 16.8 Å². The molecule has 1 aromatic carbocycles. The number of methoxy groups -OCH3 is 2. The maximum Gasteiger partial charge on any atom is 0.174 e. The normalized spacial score (nSPS) is 19.1. The third kappa shape index (κ3) is 4.78. The van der Waals surface area contributed by atoms with Crippen LogP contribution in [0.4, 0.5) is 0 Å². The summed E-state index contributed by atoms with van der Waals surface area (Å²) in [5.74, 6) is 1.30. The maximum atomic E-state index is 13.4. The molecule has 0 saturated carbocycles. The van der Waals surface area contributed by atoms with Crippen LogP contribution in [0.5, 0.6) is 11.5 Å². The summed E-state index contributed by atoms with van der Waals surface area (Å²) in [6, 6.07) is 4.02. The van der Waals surface area contributed by atoms with Gasteiger partial charge in [-0.25, -0.2) is 0 Å². The van der Waals surface area contributed by atoms with Gasteiger partial charge in [-0.1, -0.05) is 0 Å². The van der Waals surface area contributed by atoms with Gasteiger partial charge < -0.3 is 19.1 Å². The number of nitrogens with zero attached hydrogens (tertiary/aromatic N) is 1. The number of carbonyl (C=O) groups excluding carboxylic acids is 2. The molecule has 1 heterocycles. The van der Waals surface area contributed by atoms with Crippen LogP contribution in [0.3, 0.4) is 0 Å². The third-order valence-corrected chi connectivity index (χ3v) is 7.56. The molecule has 1 aromatic rings. The van der Waals surface area contributed by atoms with Crippen molar-refractivity contribution in [3.8, 4) is 11.5 Å². The van der Waals surface area contributed by atoms with Crippen molar-refractivity contribution in [3.05, 3.63) is 43.8 Å². The van der Waals surface area contributed by atoms with Crippen LogP contribution < -0.4 is 9.47 Å². The lowest BCUT2D eigenvalue weighted by Gasteiger charge is -2.44. The Labute approximate surface area is 215 Å². The van der Waals surface area contributed by atoms with Gasteiger partial charge in [-0.2, -0.15) is 0 Å². The molecular formula is C27H34INO5. The number of ketones is 2. The summed E-state index contributed by atoms with van der Waals surface area (Å²) < 4.78 is 18.0. The first kappa shape index (κ1) is 25.2. The number of halogens is 1. The quantitative estimate of drug-likeness (QED) is 0.298. The number of hydrogen-bond donors (Lipinski definition) is 0. The highest BCUT2D eigenvalue weighted by molar-refractivity contribution is 14.1. The molecule has 184 valence electrons. The number of ether oxygens (including phenoxy) is 3. The molecule has 0 N–H and O–H groups in total. The monoisotopic (exact) mass is 579 g/mol. The van der Waals surface area contributed by atoms with E-state index in [1.54, 1.807) is 14.2 Å². The van der Waals surface area contributed by atoms with Crippen molar-refractivity contribution in [3.63, 3.8) is 0 Å². The highest BCUT2D eigenvalue weighted by atomic mass is 127. The van der Waals surface area contributed by atoms with E-state index in [-0.39, 0.29) is 23.6 Å². The molecule has 2 aliphatic carbocycles. The van der Waals surface area contributed by atoms with E-state index in [2.05, 4.69) is 33.6 Å². The van der Waals surface area contributed by atoms with Crippen molar-refractivity contribution in [2.45, 2.75) is 70.8 Å². The molecule has 7 heteroatoms. The largest absolute Gasteiger partial charge is 0.493 e. The molecule has 1 aliphatic heterocycles. The van der Waals surface area contributed by atoms with Crippen LogP contribution in [-0.2, 0) is 14.3 Å². The molecule has 6 nitrogen and oxygen atoms in total. The van der Waals surface area contributed by atoms with Crippen molar-refractivity contribution in [2.24, 2.45) is 0 Å². The van der Waals surface area contributed by atoms with Crippen LogP contribution in [0.2, 0.25) is 0 Å². The average molecular weight is 579 g/mol. The Hall–Kier alpha value is -1.87. The van der Waals surface area contributed by atoms with Crippen molar-refractivity contribution in [1.29, 1.82) is 0 Å². The fraction of sp³-hybridized carbons (Fsp3) is 0.556. The smallest absolute Gasteiger partial charge is 0.174 e. The fourth-order valence-corrected chi connectivity index (χ4v) is 6.20. The van der Waals surface area contributed by atoms with Crippen LogP contribution >= 0.6 is 22.6 Å². The second kappa shape index (κ2) is 10.8. The number of allylic oxidation sites excluding steroid dienone is 4. The van der Waals surface area contributed by atoms with Crippen molar-refractivity contribution in [1.82, 2.24) is 4.90 Å². The predicted octanol–water partition coefficient (Wildman–Crippen LogP) is 5.54. The van der Waals surface area contributed by atoms with Gasteiger partial charge in [-0.3, -0.25) is 9.59 Å². The number of Topliss-reactive ketones (excluding diaryl/α,β-unsaturated/α-hetero) is 2. The molecule has 0 radical (unpaired) electrons. The molecule has 0 spiro atoms. The van der Waals surface area contributed by atoms with E-state index in [1.807, 2.05) is 19.9 Å². The third-order valence-electron chi connectivity index (χ3n) is 6.76. The predicted molar refractivity (Wildman–Crippen MR) is 139 cm³/mol. The summed E-state index contributed by atoms with van der Waals surface area (Å²) in [5, 5.41) is 0. The molecule has 0 saturated heterocycles. The summed E-state index contributed by atoms with van der Waals surface area (Å²) in [6.45, 7) is 5.39. The Kier molecular flexibility index (Phi) is 8.02. The van der Waals surface area contributed by atoms with E-state index in [1.165, 1.54) is 0 Å². The summed E-state index contributed by atoms with van der Waals surface area (Å²) in [6.07, 6.45) is 5.34. The van der Waals surface area contributed by atoms with Gasteiger partial charge in [0.25, 0.3) is 0 Å². The topological polar surface area (TPSA) is 65.1 Å².